The van der Waals surface area contributed by atoms with Gasteiger partial charge in [-0.05, 0) is 41.8 Å². The molecule has 1 atom stereocenters. The summed E-state index contributed by atoms with van der Waals surface area (Å²) in [7, 11) is 4.90. The van der Waals surface area contributed by atoms with E-state index >= 15 is 0 Å². The van der Waals surface area contributed by atoms with Gasteiger partial charge in [-0.25, -0.2) is 0 Å². The van der Waals surface area contributed by atoms with Crippen molar-refractivity contribution in [2.45, 2.75) is 38.8 Å². The number of anilines is 1. The van der Waals surface area contributed by atoms with Crippen LogP contribution in [0, 0.1) is 0 Å². The third kappa shape index (κ3) is 4.87. The molecule has 2 aromatic rings. The van der Waals surface area contributed by atoms with Crippen LogP contribution in [0.4, 0.5) is 5.69 Å². The Morgan fingerprint density at radius 3 is 2.55 bits per heavy atom. The largest absolute Gasteiger partial charge is 0.496 e. The van der Waals surface area contributed by atoms with Crippen molar-refractivity contribution in [1.29, 1.82) is 0 Å². The van der Waals surface area contributed by atoms with E-state index in [-0.39, 0.29) is 24.3 Å². The first-order valence-corrected chi connectivity index (χ1v) is 10.4. The SMILES string of the molecule is CCCC(=O)Nc1ccc2c(c1)CN(C(=O)c1ccccc1OC)[C@H](C(=O)N(C)C)C2. The topological polar surface area (TPSA) is 79.0 Å². The average molecular weight is 424 g/mol. The number of hydrogen-bond donors (Lipinski definition) is 1. The summed E-state index contributed by atoms with van der Waals surface area (Å²) in [4.78, 5) is 41.5. The van der Waals surface area contributed by atoms with E-state index in [9.17, 15) is 14.4 Å². The molecule has 1 N–H and O–H groups in total. The van der Waals surface area contributed by atoms with Crippen LogP contribution in [0.2, 0.25) is 0 Å². The Morgan fingerprint density at radius 2 is 1.87 bits per heavy atom. The van der Waals surface area contributed by atoms with E-state index in [0.717, 1.165) is 17.5 Å². The van der Waals surface area contributed by atoms with Gasteiger partial charge in [0.05, 0.1) is 12.7 Å². The van der Waals surface area contributed by atoms with Crippen LogP contribution in [-0.2, 0) is 22.6 Å². The minimum Gasteiger partial charge on any atom is -0.496 e. The van der Waals surface area contributed by atoms with E-state index in [1.54, 1.807) is 43.3 Å². The summed E-state index contributed by atoms with van der Waals surface area (Å²) in [6, 6.07) is 12.1. The molecule has 0 bridgehead atoms. The lowest BCUT2D eigenvalue weighted by atomic mass is 9.92. The van der Waals surface area contributed by atoms with E-state index in [0.29, 0.717) is 29.8 Å². The summed E-state index contributed by atoms with van der Waals surface area (Å²) in [5, 5.41) is 2.90. The molecule has 0 radical (unpaired) electrons. The molecule has 0 fully saturated rings. The highest BCUT2D eigenvalue weighted by Crippen LogP contribution is 2.30. The van der Waals surface area contributed by atoms with Gasteiger partial charge in [-0.15, -0.1) is 0 Å². The molecule has 1 heterocycles. The summed E-state index contributed by atoms with van der Waals surface area (Å²) in [6.07, 6.45) is 1.64. The zero-order valence-electron chi connectivity index (χ0n) is 18.5. The van der Waals surface area contributed by atoms with Crippen LogP contribution < -0.4 is 10.1 Å². The Hall–Kier alpha value is -3.35. The van der Waals surface area contributed by atoms with E-state index in [4.69, 9.17) is 4.74 Å². The molecule has 0 saturated heterocycles. The molecule has 1 aliphatic heterocycles. The zero-order chi connectivity index (χ0) is 22.5. The minimum atomic E-state index is -0.611. The molecule has 0 saturated carbocycles. The Balaban J connectivity index is 1.96. The van der Waals surface area contributed by atoms with Crippen LogP contribution in [0.5, 0.6) is 5.75 Å². The van der Waals surface area contributed by atoms with Crippen LogP contribution in [0.3, 0.4) is 0 Å². The molecule has 0 unspecified atom stereocenters. The van der Waals surface area contributed by atoms with Gasteiger partial charge >= 0.3 is 0 Å². The Labute approximate surface area is 183 Å². The fourth-order valence-corrected chi connectivity index (χ4v) is 3.82. The zero-order valence-corrected chi connectivity index (χ0v) is 18.5. The summed E-state index contributed by atoms with van der Waals surface area (Å²) in [5.41, 5.74) is 3.02. The summed E-state index contributed by atoms with van der Waals surface area (Å²) < 4.78 is 5.37. The first-order valence-electron chi connectivity index (χ1n) is 10.4. The van der Waals surface area contributed by atoms with Crippen molar-refractivity contribution < 1.29 is 19.1 Å². The molecule has 31 heavy (non-hydrogen) atoms. The number of nitrogens with zero attached hydrogens (tertiary/aromatic N) is 2. The Bertz CT molecular complexity index is 987. The van der Waals surface area contributed by atoms with Crippen molar-refractivity contribution in [3.05, 3.63) is 59.2 Å². The molecule has 2 aromatic carbocycles. The Morgan fingerprint density at radius 1 is 1.13 bits per heavy atom. The maximum absolute atomic E-state index is 13.5. The second kappa shape index (κ2) is 9.64. The number of hydrogen-bond acceptors (Lipinski definition) is 4. The van der Waals surface area contributed by atoms with Crippen molar-refractivity contribution in [3.63, 3.8) is 0 Å². The third-order valence-corrected chi connectivity index (χ3v) is 5.42. The lowest BCUT2D eigenvalue weighted by molar-refractivity contribution is -0.134. The second-order valence-corrected chi connectivity index (χ2v) is 7.87. The lowest BCUT2D eigenvalue weighted by Crippen LogP contribution is -2.52. The molecular weight excluding hydrogens is 394 g/mol. The van der Waals surface area contributed by atoms with Crippen molar-refractivity contribution in [2.75, 3.05) is 26.5 Å². The predicted molar refractivity (Wildman–Crippen MR) is 119 cm³/mol. The first kappa shape index (κ1) is 22.3. The molecule has 0 aliphatic carbocycles. The molecule has 1 aliphatic rings. The summed E-state index contributed by atoms with van der Waals surface area (Å²) >= 11 is 0. The van der Waals surface area contributed by atoms with Gasteiger partial charge in [0.15, 0.2) is 0 Å². The lowest BCUT2D eigenvalue weighted by Gasteiger charge is -2.37. The van der Waals surface area contributed by atoms with Crippen LogP contribution in [-0.4, -0.2) is 54.8 Å². The van der Waals surface area contributed by atoms with Crippen molar-refractivity contribution >= 4 is 23.4 Å². The number of carbonyl (C=O) groups excluding carboxylic acids is 3. The number of carbonyl (C=O) groups is 3. The monoisotopic (exact) mass is 423 g/mol. The minimum absolute atomic E-state index is 0.0409. The van der Waals surface area contributed by atoms with Crippen LogP contribution in [0.1, 0.15) is 41.3 Å². The number of amides is 3. The number of benzene rings is 2. The van der Waals surface area contributed by atoms with Gasteiger partial charge in [0.25, 0.3) is 5.91 Å². The van der Waals surface area contributed by atoms with Gasteiger partial charge in [0, 0.05) is 39.2 Å². The first-order chi connectivity index (χ1) is 14.8. The standard InChI is InChI=1S/C24H29N3O4/c1-5-8-22(28)25-18-12-11-16-14-20(24(30)26(2)3)27(15-17(16)13-18)23(29)19-9-6-7-10-21(19)31-4/h6-7,9-13,20H,5,8,14-15H2,1-4H3,(H,25,28)/t20-/m0/s1. The fraction of sp³-hybridized carbons (Fsp3) is 0.375. The van der Waals surface area contributed by atoms with Gasteiger partial charge < -0.3 is 19.9 Å². The average Bonchev–Trinajstić information content (AvgIpc) is 2.77. The molecule has 3 amide bonds. The number of nitrogens with one attached hydrogen (secondary N) is 1. The highest BCUT2D eigenvalue weighted by atomic mass is 16.5. The summed E-state index contributed by atoms with van der Waals surface area (Å²) in [6.45, 7) is 2.23. The van der Waals surface area contributed by atoms with Gasteiger partial charge in [-0.2, -0.15) is 0 Å². The van der Waals surface area contributed by atoms with Gasteiger partial charge in [0.2, 0.25) is 11.8 Å². The smallest absolute Gasteiger partial charge is 0.258 e. The highest BCUT2D eigenvalue weighted by molar-refractivity contribution is 6.00. The predicted octanol–water partition coefficient (Wildman–Crippen LogP) is 3.09. The number of ether oxygens (including phenoxy) is 1. The van der Waals surface area contributed by atoms with Crippen LogP contribution >= 0.6 is 0 Å². The van der Waals surface area contributed by atoms with Crippen LogP contribution in [0.25, 0.3) is 0 Å². The van der Waals surface area contributed by atoms with Gasteiger partial charge in [-0.1, -0.05) is 25.1 Å². The second-order valence-electron chi connectivity index (χ2n) is 7.87. The molecule has 3 rings (SSSR count). The number of methoxy groups -OCH3 is 1. The van der Waals surface area contributed by atoms with E-state index in [1.165, 1.54) is 12.0 Å². The molecule has 0 aromatic heterocycles. The molecule has 7 heteroatoms. The molecule has 0 spiro atoms. The third-order valence-electron chi connectivity index (χ3n) is 5.42. The quantitative estimate of drug-likeness (QED) is 0.774. The fourth-order valence-electron chi connectivity index (χ4n) is 3.82. The number of para-hydroxylation sites is 1. The number of likely N-dealkylation sites (N-methyl/N-ethyl adjacent to an activating group) is 1. The van der Waals surface area contributed by atoms with Crippen molar-refractivity contribution in [1.82, 2.24) is 9.80 Å². The highest BCUT2D eigenvalue weighted by Gasteiger charge is 2.36. The molecular formula is C24H29N3O4. The number of fused-ring (bicyclic) bond motifs is 1. The van der Waals surface area contributed by atoms with E-state index < -0.39 is 6.04 Å². The van der Waals surface area contributed by atoms with Crippen molar-refractivity contribution in [3.8, 4) is 5.75 Å². The van der Waals surface area contributed by atoms with Gasteiger partial charge in [-0.3, -0.25) is 14.4 Å². The number of rotatable bonds is 6. The van der Waals surface area contributed by atoms with E-state index in [2.05, 4.69) is 5.32 Å². The summed E-state index contributed by atoms with van der Waals surface area (Å²) in [5.74, 6) is 0.0359. The van der Waals surface area contributed by atoms with Crippen LogP contribution in [0.15, 0.2) is 42.5 Å². The molecule has 7 nitrogen and oxygen atoms in total. The van der Waals surface area contributed by atoms with E-state index in [1.807, 2.05) is 25.1 Å². The maximum atomic E-state index is 13.5. The normalized spacial score (nSPS) is 15.1. The molecule has 164 valence electrons. The van der Waals surface area contributed by atoms with Gasteiger partial charge in [0.1, 0.15) is 11.8 Å². The maximum Gasteiger partial charge on any atom is 0.258 e. The van der Waals surface area contributed by atoms with Crippen molar-refractivity contribution in [2.24, 2.45) is 0 Å². The Kier molecular flexibility index (Phi) is 6.95.